The van der Waals surface area contributed by atoms with Gasteiger partial charge in [-0.2, -0.15) is 0 Å². The van der Waals surface area contributed by atoms with Crippen LogP contribution in [-0.2, 0) is 0 Å². The summed E-state index contributed by atoms with van der Waals surface area (Å²) in [5.74, 6) is 0. The lowest BCUT2D eigenvalue weighted by molar-refractivity contribution is 1.19. The van der Waals surface area contributed by atoms with Gasteiger partial charge in [0, 0.05) is 59.1 Å². The highest BCUT2D eigenvalue weighted by Gasteiger charge is 2.17. The Labute approximate surface area is 346 Å². The Balaban J connectivity index is 0.931. The minimum absolute atomic E-state index is 1.11. The third-order valence-electron chi connectivity index (χ3n) is 12.0. The Kier molecular flexibility index (Phi) is 7.75. The molecular formula is C56H36N2S. The van der Waals surface area contributed by atoms with Crippen LogP contribution in [0.15, 0.2) is 218 Å². The fourth-order valence-electron chi connectivity index (χ4n) is 9.17. The molecule has 0 unspecified atom stereocenters. The van der Waals surface area contributed by atoms with Gasteiger partial charge >= 0.3 is 0 Å². The second-order valence-corrected chi connectivity index (χ2v) is 16.4. The van der Waals surface area contributed by atoms with E-state index in [2.05, 4.69) is 228 Å². The topological polar surface area (TPSA) is 8.17 Å². The summed E-state index contributed by atoms with van der Waals surface area (Å²) < 4.78 is 5.03. The van der Waals surface area contributed by atoms with E-state index in [-0.39, 0.29) is 0 Å². The van der Waals surface area contributed by atoms with Crippen LogP contribution >= 0.6 is 11.3 Å². The maximum absolute atomic E-state index is 2.43. The van der Waals surface area contributed by atoms with Crippen LogP contribution in [0.3, 0.4) is 0 Å². The van der Waals surface area contributed by atoms with Crippen molar-refractivity contribution in [2.24, 2.45) is 0 Å². The van der Waals surface area contributed by atoms with Crippen molar-refractivity contribution in [3.63, 3.8) is 0 Å². The third-order valence-corrected chi connectivity index (χ3v) is 13.1. The van der Waals surface area contributed by atoms with E-state index < -0.39 is 0 Å². The van der Waals surface area contributed by atoms with Crippen LogP contribution in [0, 0.1) is 0 Å². The first kappa shape index (κ1) is 33.7. The molecule has 2 aromatic heterocycles. The van der Waals surface area contributed by atoms with Crippen molar-refractivity contribution >= 4 is 91.9 Å². The van der Waals surface area contributed by atoms with Crippen LogP contribution in [0.2, 0.25) is 0 Å². The van der Waals surface area contributed by atoms with Crippen LogP contribution in [0.1, 0.15) is 0 Å². The number of aromatic nitrogens is 1. The number of hydrogen-bond donors (Lipinski definition) is 0. The Morgan fingerprint density at radius 2 is 0.881 bits per heavy atom. The van der Waals surface area contributed by atoms with E-state index in [0.29, 0.717) is 0 Å². The Morgan fingerprint density at radius 1 is 0.339 bits per heavy atom. The summed E-state index contributed by atoms with van der Waals surface area (Å²) in [4.78, 5) is 2.39. The number of rotatable bonds is 6. The van der Waals surface area contributed by atoms with Gasteiger partial charge in [-0.25, -0.2) is 0 Å². The van der Waals surface area contributed by atoms with Crippen LogP contribution in [0.4, 0.5) is 17.1 Å². The largest absolute Gasteiger partial charge is 0.310 e. The molecule has 59 heavy (non-hydrogen) atoms. The van der Waals surface area contributed by atoms with E-state index in [9.17, 15) is 0 Å². The lowest BCUT2D eigenvalue weighted by Crippen LogP contribution is -2.09. The van der Waals surface area contributed by atoms with Crippen LogP contribution in [-0.4, -0.2) is 4.57 Å². The van der Waals surface area contributed by atoms with Crippen molar-refractivity contribution in [2.75, 3.05) is 4.90 Å². The van der Waals surface area contributed by atoms with E-state index >= 15 is 0 Å². The number of benzene rings is 10. The molecule has 12 rings (SSSR count). The van der Waals surface area contributed by atoms with Crippen LogP contribution in [0.25, 0.3) is 91.5 Å². The molecule has 0 bridgehead atoms. The first-order valence-corrected chi connectivity index (χ1v) is 21.0. The zero-order valence-electron chi connectivity index (χ0n) is 32.1. The molecule has 0 N–H and O–H groups in total. The highest BCUT2D eigenvalue weighted by Crippen LogP contribution is 2.42. The minimum Gasteiger partial charge on any atom is -0.310 e. The molecule has 0 radical (unpaired) electrons. The van der Waals surface area contributed by atoms with Gasteiger partial charge in [-0.1, -0.05) is 158 Å². The van der Waals surface area contributed by atoms with Gasteiger partial charge in [0.1, 0.15) is 0 Å². The van der Waals surface area contributed by atoms with Gasteiger partial charge in [0.25, 0.3) is 0 Å². The Bertz CT molecular complexity index is 3530. The molecule has 0 fully saturated rings. The van der Waals surface area contributed by atoms with Gasteiger partial charge in [0.05, 0.1) is 11.0 Å². The molecule has 3 heteroatoms. The average Bonchev–Trinajstić information content (AvgIpc) is 3.85. The van der Waals surface area contributed by atoms with Crippen molar-refractivity contribution in [2.45, 2.75) is 0 Å². The first-order valence-electron chi connectivity index (χ1n) is 20.2. The second-order valence-electron chi connectivity index (χ2n) is 15.3. The first-order chi connectivity index (χ1) is 29.2. The summed E-state index contributed by atoms with van der Waals surface area (Å²) in [5, 5.41) is 10.2. The molecule has 0 aliphatic heterocycles. The van der Waals surface area contributed by atoms with Gasteiger partial charge in [0.15, 0.2) is 0 Å². The molecule has 12 aromatic rings. The zero-order chi connectivity index (χ0) is 38.9. The van der Waals surface area contributed by atoms with E-state index in [1.807, 2.05) is 11.3 Å². The number of fused-ring (bicyclic) bond motifs is 9. The molecule has 0 saturated heterocycles. The van der Waals surface area contributed by atoms with Gasteiger partial charge in [-0.05, 0) is 99.1 Å². The molecule has 2 heterocycles. The number of thiophene rings is 1. The third kappa shape index (κ3) is 5.55. The van der Waals surface area contributed by atoms with E-state index in [0.717, 1.165) is 22.7 Å². The van der Waals surface area contributed by atoms with Crippen molar-refractivity contribution in [3.05, 3.63) is 218 Å². The molecule has 0 amide bonds. The lowest BCUT2D eigenvalue weighted by atomic mass is 9.98. The molecule has 0 atom stereocenters. The Hall–Kier alpha value is -7.46. The summed E-state index contributed by atoms with van der Waals surface area (Å²) in [5.41, 5.74) is 11.8. The standard InChI is InChI=1S/C56H36N2S/c1-3-13-46-39(10-1)12-9-17-47(46)41-24-31-43(32-25-41)57(45-33-35-51-50-16-6-8-19-54(50)59-55(51)36-45)42-27-20-37(21-28-42)38-22-29-44(30-23-38)58-53-18-7-5-15-49(53)52-34-26-40-11-2-4-14-48(40)56(52)58/h1-36H. The fraction of sp³-hybridized carbons (Fsp3) is 0. The molecule has 0 aliphatic rings. The summed E-state index contributed by atoms with van der Waals surface area (Å²) in [6, 6.07) is 79.9. The predicted octanol–water partition coefficient (Wildman–Crippen LogP) is 16.3. The predicted molar refractivity (Wildman–Crippen MR) is 254 cm³/mol. The normalized spacial score (nSPS) is 11.7. The molecule has 0 aliphatic carbocycles. The quantitative estimate of drug-likeness (QED) is 0.164. The van der Waals surface area contributed by atoms with Gasteiger partial charge in [0.2, 0.25) is 0 Å². The van der Waals surface area contributed by atoms with Crippen LogP contribution < -0.4 is 4.90 Å². The average molecular weight is 769 g/mol. The molecule has 276 valence electrons. The molecule has 0 saturated carbocycles. The van der Waals surface area contributed by atoms with E-state index in [1.165, 1.54) is 85.8 Å². The monoisotopic (exact) mass is 768 g/mol. The van der Waals surface area contributed by atoms with E-state index in [1.54, 1.807) is 0 Å². The fourth-order valence-corrected chi connectivity index (χ4v) is 10.3. The van der Waals surface area contributed by atoms with E-state index in [4.69, 9.17) is 0 Å². The summed E-state index contributed by atoms with van der Waals surface area (Å²) in [6.45, 7) is 0. The van der Waals surface area contributed by atoms with Gasteiger partial charge in [-0.3, -0.25) is 0 Å². The van der Waals surface area contributed by atoms with Crippen molar-refractivity contribution in [3.8, 4) is 27.9 Å². The zero-order valence-corrected chi connectivity index (χ0v) is 32.9. The highest BCUT2D eigenvalue weighted by molar-refractivity contribution is 7.25. The smallest absolute Gasteiger partial charge is 0.0619 e. The Morgan fingerprint density at radius 3 is 1.64 bits per heavy atom. The van der Waals surface area contributed by atoms with Crippen molar-refractivity contribution < 1.29 is 0 Å². The lowest BCUT2D eigenvalue weighted by Gasteiger charge is -2.26. The summed E-state index contributed by atoms with van der Waals surface area (Å²) >= 11 is 1.86. The SMILES string of the molecule is c1ccc2c(-c3ccc(N(c4ccc(-c5ccc(-n6c7ccccc7c7ccc8ccccc8c76)cc5)cc4)c4ccc5c(c4)sc4ccccc45)cc3)cccc2c1. The molecule has 0 spiro atoms. The maximum Gasteiger partial charge on any atom is 0.0619 e. The summed E-state index contributed by atoms with van der Waals surface area (Å²) in [6.07, 6.45) is 0. The van der Waals surface area contributed by atoms with Gasteiger partial charge < -0.3 is 9.47 Å². The summed E-state index contributed by atoms with van der Waals surface area (Å²) in [7, 11) is 0. The maximum atomic E-state index is 2.43. The minimum atomic E-state index is 1.11. The highest BCUT2D eigenvalue weighted by atomic mass is 32.1. The number of anilines is 3. The van der Waals surface area contributed by atoms with Crippen LogP contribution in [0.5, 0.6) is 0 Å². The number of hydrogen-bond acceptors (Lipinski definition) is 2. The van der Waals surface area contributed by atoms with Crippen molar-refractivity contribution in [1.82, 2.24) is 4.57 Å². The number of para-hydroxylation sites is 1. The number of nitrogens with zero attached hydrogens (tertiary/aromatic N) is 2. The van der Waals surface area contributed by atoms with Crippen molar-refractivity contribution in [1.29, 1.82) is 0 Å². The van der Waals surface area contributed by atoms with Gasteiger partial charge in [-0.15, -0.1) is 11.3 Å². The molecular weight excluding hydrogens is 733 g/mol. The molecule has 2 nitrogen and oxygen atoms in total. The second kappa shape index (κ2) is 13.6. The molecule has 10 aromatic carbocycles.